The van der Waals surface area contributed by atoms with Crippen molar-refractivity contribution in [2.75, 3.05) is 12.8 Å². The Hall–Kier alpha value is -2.23. The lowest BCUT2D eigenvalue weighted by molar-refractivity contribution is 0.370. The number of nitrogens with zero attached hydrogens (tertiary/aromatic N) is 2. The fourth-order valence-corrected chi connectivity index (χ4v) is 2.12. The van der Waals surface area contributed by atoms with Crippen LogP contribution in [-0.4, -0.2) is 16.9 Å². The molecular weight excluding hydrogens is 238 g/mol. The van der Waals surface area contributed by atoms with Crippen LogP contribution in [0.15, 0.2) is 30.8 Å². The summed E-state index contributed by atoms with van der Waals surface area (Å²) in [5, 5.41) is 4.47. The molecule has 0 aliphatic carbocycles. The standard InChI is InChI=1S/C15H19N3O/c1-10-7-11(2)18(17-10)9-13-8-14(16)5-6-15(13)12(3)19-4/h5-8H,3,9,16H2,1-2,4H3. The first-order chi connectivity index (χ1) is 9.01. The molecule has 0 fully saturated rings. The van der Waals surface area contributed by atoms with Crippen LogP contribution in [0.2, 0.25) is 0 Å². The van der Waals surface area contributed by atoms with Crippen molar-refractivity contribution in [3.63, 3.8) is 0 Å². The Morgan fingerprint density at radius 2 is 2.11 bits per heavy atom. The second kappa shape index (κ2) is 5.18. The maximum Gasteiger partial charge on any atom is 0.119 e. The molecule has 0 bridgehead atoms. The van der Waals surface area contributed by atoms with Crippen molar-refractivity contribution in [1.82, 2.24) is 9.78 Å². The Balaban J connectivity index is 2.41. The number of hydrogen-bond donors (Lipinski definition) is 1. The molecule has 19 heavy (non-hydrogen) atoms. The molecule has 100 valence electrons. The van der Waals surface area contributed by atoms with Crippen LogP contribution in [0, 0.1) is 13.8 Å². The van der Waals surface area contributed by atoms with Gasteiger partial charge < -0.3 is 10.5 Å². The smallest absolute Gasteiger partial charge is 0.119 e. The highest BCUT2D eigenvalue weighted by atomic mass is 16.5. The largest absolute Gasteiger partial charge is 0.497 e. The van der Waals surface area contributed by atoms with Crippen molar-refractivity contribution in [3.05, 3.63) is 53.4 Å². The summed E-state index contributed by atoms with van der Waals surface area (Å²) in [4.78, 5) is 0. The van der Waals surface area contributed by atoms with Gasteiger partial charge in [0.15, 0.2) is 0 Å². The van der Waals surface area contributed by atoms with Crippen molar-refractivity contribution in [2.45, 2.75) is 20.4 Å². The molecule has 0 saturated carbocycles. The Bertz CT molecular complexity index is 614. The van der Waals surface area contributed by atoms with Crippen molar-refractivity contribution >= 4 is 11.4 Å². The Morgan fingerprint density at radius 3 is 2.68 bits per heavy atom. The van der Waals surface area contributed by atoms with Crippen LogP contribution in [0.1, 0.15) is 22.5 Å². The van der Waals surface area contributed by atoms with Gasteiger partial charge in [-0.2, -0.15) is 5.10 Å². The third-order valence-electron chi connectivity index (χ3n) is 3.10. The molecule has 2 rings (SSSR count). The fraction of sp³-hybridized carbons (Fsp3) is 0.267. The van der Waals surface area contributed by atoms with Crippen molar-refractivity contribution < 1.29 is 4.74 Å². The van der Waals surface area contributed by atoms with E-state index in [-0.39, 0.29) is 0 Å². The summed E-state index contributed by atoms with van der Waals surface area (Å²) in [5.41, 5.74) is 10.7. The van der Waals surface area contributed by atoms with Crippen LogP contribution in [-0.2, 0) is 11.3 Å². The monoisotopic (exact) mass is 257 g/mol. The summed E-state index contributed by atoms with van der Waals surface area (Å²) in [5.74, 6) is 0.636. The van der Waals surface area contributed by atoms with Crippen molar-refractivity contribution in [3.8, 4) is 0 Å². The number of rotatable bonds is 4. The SMILES string of the molecule is C=C(OC)c1ccc(N)cc1Cn1nc(C)cc1C. The maximum absolute atomic E-state index is 5.87. The number of anilines is 1. The number of nitrogen functional groups attached to an aromatic ring is 1. The molecule has 0 atom stereocenters. The first-order valence-electron chi connectivity index (χ1n) is 6.14. The number of methoxy groups -OCH3 is 1. The molecule has 0 unspecified atom stereocenters. The second-order valence-corrected chi connectivity index (χ2v) is 4.63. The highest BCUT2D eigenvalue weighted by Crippen LogP contribution is 2.22. The van der Waals surface area contributed by atoms with E-state index >= 15 is 0 Å². The number of hydrogen-bond acceptors (Lipinski definition) is 3. The quantitative estimate of drug-likeness (QED) is 0.677. The van der Waals surface area contributed by atoms with E-state index in [0.717, 1.165) is 28.2 Å². The minimum atomic E-state index is 0.636. The molecule has 2 N–H and O–H groups in total. The topological polar surface area (TPSA) is 53.1 Å². The summed E-state index contributed by atoms with van der Waals surface area (Å²) in [7, 11) is 1.62. The molecule has 0 aliphatic heterocycles. The first-order valence-corrected chi connectivity index (χ1v) is 6.14. The summed E-state index contributed by atoms with van der Waals surface area (Å²) in [6.45, 7) is 8.59. The zero-order valence-electron chi connectivity index (χ0n) is 11.6. The van der Waals surface area contributed by atoms with Gasteiger partial charge in [0.25, 0.3) is 0 Å². The molecular formula is C15H19N3O. The average molecular weight is 257 g/mol. The minimum Gasteiger partial charge on any atom is -0.497 e. The Kier molecular flexibility index (Phi) is 3.60. The van der Waals surface area contributed by atoms with E-state index in [0.29, 0.717) is 12.3 Å². The van der Waals surface area contributed by atoms with E-state index in [1.807, 2.05) is 36.7 Å². The first kappa shape index (κ1) is 13.2. The fourth-order valence-electron chi connectivity index (χ4n) is 2.12. The number of ether oxygens (including phenoxy) is 1. The van der Waals surface area contributed by atoms with Gasteiger partial charge in [-0.25, -0.2) is 0 Å². The summed E-state index contributed by atoms with van der Waals surface area (Å²) < 4.78 is 7.18. The van der Waals surface area contributed by atoms with E-state index in [4.69, 9.17) is 10.5 Å². The van der Waals surface area contributed by atoms with E-state index in [1.54, 1.807) is 7.11 Å². The van der Waals surface area contributed by atoms with Gasteiger partial charge in [0.2, 0.25) is 0 Å². The molecule has 0 aliphatic rings. The van der Waals surface area contributed by atoms with Gasteiger partial charge in [0.1, 0.15) is 5.76 Å². The molecule has 0 amide bonds. The highest BCUT2D eigenvalue weighted by Gasteiger charge is 2.10. The van der Waals surface area contributed by atoms with E-state index < -0.39 is 0 Å². The molecule has 1 aromatic heterocycles. The highest BCUT2D eigenvalue weighted by molar-refractivity contribution is 5.64. The summed E-state index contributed by atoms with van der Waals surface area (Å²) in [6.07, 6.45) is 0. The summed E-state index contributed by atoms with van der Waals surface area (Å²) in [6, 6.07) is 7.78. The summed E-state index contributed by atoms with van der Waals surface area (Å²) >= 11 is 0. The normalized spacial score (nSPS) is 10.5. The minimum absolute atomic E-state index is 0.636. The number of aryl methyl sites for hydroxylation is 2. The van der Waals surface area contributed by atoms with Gasteiger partial charge >= 0.3 is 0 Å². The third-order valence-corrected chi connectivity index (χ3v) is 3.10. The third kappa shape index (κ3) is 2.78. The Labute approximate surface area is 113 Å². The lowest BCUT2D eigenvalue weighted by atomic mass is 10.1. The molecule has 4 nitrogen and oxygen atoms in total. The second-order valence-electron chi connectivity index (χ2n) is 4.63. The Morgan fingerprint density at radius 1 is 1.37 bits per heavy atom. The molecule has 1 heterocycles. The molecule has 2 aromatic rings. The maximum atomic E-state index is 5.87. The molecule has 0 spiro atoms. The van der Waals surface area contributed by atoms with Crippen LogP contribution >= 0.6 is 0 Å². The molecule has 0 saturated heterocycles. The average Bonchev–Trinajstić information content (AvgIpc) is 2.67. The van der Waals surface area contributed by atoms with Crippen LogP contribution in [0.3, 0.4) is 0 Å². The van der Waals surface area contributed by atoms with Crippen molar-refractivity contribution in [1.29, 1.82) is 0 Å². The zero-order valence-corrected chi connectivity index (χ0v) is 11.6. The van der Waals surface area contributed by atoms with Gasteiger partial charge in [-0.05, 0) is 43.7 Å². The van der Waals surface area contributed by atoms with Gasteiger partial charge in [-0.1, -0.05) is 6.58 Å². The lowest BCUT2D eigenvalue weighted by Crippen LogP contribution is -2.07. The molecule has 0 radical (unpaired) electrons. The van der Waals surface area contributed by atoms with E-state index in [2.05, 4.69) is 17.7 Å². The zero-order chi connectivity index (χ0) is 14.0. The van der Waals surface area contributed by atoms with Crippen LogP contribution in [0.5, 0.6) is 0 Å². The number of benzene rings is 1. The van der Waals surface area contributed by atoms with Crippen LogP contribution < -0.4 is 5.73 Å². The van der Waals surface area contributed by atoms with Crippen LogP contribution in [0.4, 0.5) is 5.69 Å². The van der Waals surface area contributed by atoms with E-state index in [9.17, 15) is 0 Å². The van der Waals surface area contributed by atoms with Gasteiger partial charge in [-0.15, -0.1) is 0 Å². The van der Waals surface area contributed by atoms with Crippen LogP contribution in [0.25, 0.3) is 5.76 Å². The predicted octanol–water partition coefficient (Wildman–Crippen LogP) is 2.75. The lowest BCUT2D eigenvalue weighted by Gasteiger charge is -2.13. The van der Waals surface area contributed by atoms with Gasteiger partial charge in [-0.3, -0.25) is 4.68 Å². The molecule has 1 aromatic carbocycles. The van der Waals surface area contributed by atoms with Gasteiger partial charge in [0, 0.05) is 16.9 Å². The number of aromatic nitrogens is 2. The van der Waals surface area contributed by atoms with Crippen molar-refractivity contribution in [2.24, 2.45) is 0 Å². The number of nitrogens with two attached hydrogens (primary N) is 1. The molecule has 4 heteroatoms. The van der Waals surface area contributed by atoms with Gasteiger partial charge in [0.05, 0.1) is 19.3 Å². The predicted molar refractivity (Wildman–Crippen MR) is 77.7 cm³/mol. The van der Waals surface area contributed by atoms with E-state index in [1.165, 1.54) is 0 Å².